The van der Waals surface area contributed by atoms with Gasteiger partial charge in [0.25, 0.3) is 5.92 Å². The second-order valence-corrected chi connectivity index (χ2v) is 4.40. The van der Waals surface area contributed by atoms with Crippen LogP contribution in [0.2, 0.25) is 0 Å². The maximum absolute atomic E-state index is 13.0. The Hall–Kier alpha value is -1.24. The van der Waals surface area contributed by atoms with Crippen molar-refractivity contribution in [1.29, 1.82) is 0 Å². The molecule has 2 heterocycles. The summed E-state index contributed by atoms with van der Waals surface area (Å²) in [5.74, 6) is -4.20. The fraction of sp³-hybridized carbons (Fsp3) is 0.800. The van der Waals surface area contributed by atoms with Crippen LogP contribution in [0.15, 0.2) is 0 Å². The summed E-state index contributed by atoms with van der Waals surface area (Å²) in [7, 11) is 1.16. The van der Waals surface area contributed by atoms with Crippen molar-refractivity contribution >= 4 is 11.9 Å². The van der Waals surface area contributed by atoms with Crippen LogP contribution < -0.4 is 0 Å². The molecular weight excluding hydrogens is 236 g/mol. The zero-order valence-electron chi connectivity index (χ0n) is 9.37. The summed E-state index contributed by atoms with van der Waals surface area (Å²) in [6, 6.07) is 0. The highest BCUT2D eigenvalue weighted by atomic mass is 19.3. The zero-order chi connectivity index (χ0) is 12.7. The number of carbonyl (C=O) groups is 2. The number of carbonyl (C=O) groups excluding carboxylic acids is 2. The lowest BCUT2D eigenvalue weighted by Crippen LogP contribution is -2.60. The van der Waals surface area contributed by atoms with Crippen LogP contribution in [0, 0.1) is 5.41 Å². The lowest BCUT2D eigenvalue weighted by Gasteiger charge is -2.39. The van der Waals surface area contributed by atoms with Gasteiger partial charge in [0.2, 0.25) is 5.91 Å². The van der Waals surface area contributed by atoms with Crippen molar-refractivity contribution in [3.8, 4) is 0 Å². The van der Waals surface area contributed by atoms with Gasteiger partial charge in [0.05, 0.1) is 26.9 Å². The minimum Gasteiger partial charge on any atom is -0.468 e. The van der Waals surface area contributed by atoms with Gasteiger partial charge in [-0.25, -0.2) is 8.78 Å². The molecule has 0 saturated carbocycles. The molecule has 0 aromatic rings. The van der Waals surface area contributed by atoms with Crippen molar-refractivity contribution < 1.29 is 27.8 Å². The van der Waals surface area contributed by atoms with E-state index in [1.165, 1.54) is 0 Å². The van der Waals surface area contributed by atoms with E-state index in [4.69, 9.17) is 4.74 Å². The van der Waals surface area contributed by atoms with Crippen LogP contribution in [0.5, 0.6) is 0 Å². The Kier molecular flexibility index (Phi) is 2.81. The number of amides is 1. The summed E-state index contributed by atoms with van der Waals surface area (Å²) in [5.41, 5.74) is -1.41. The number of esters is 1. The molecular formula is C10H13F2NO4. The van der Waals surface area contributed by atoms with Gasteiger partial charge in [-0.1, -0.05) is 0 Å². The van der Waals surface area contributed by atoms with Crippen molar-refractivity contribution in [1.82, 2.24) is 4.90 Å². The number of methoxy groups -OCH3 is 1. The van der Waals surface area contributed by atoms with Gasteiger partial charge in [-0.3, -0.25) is 9.59 Å². The Morgan fingerprint density at radius 3 is 2.35 bits per heavy atom. The summed E-state index contributed by atoms with van der Waals surface area (Å²) in [5, 5.41) is 0. The van der Waals surface area contributed by atoms with Crippen LogP contribution in [-0.4, -0.2) is 56.1 Å². The number of nitrogens with zero attached hydrogens (tertiary/aromatic N) is 1. The van der Waals surface area contributed by atoms with Gasteiger partial charge in [0, 0.05) is 13.0 Å². The fourth-order valence-electron chi connectivity index (χ4n) is 2.04. The van der Waals surface area contributed by atoms with Gasteiger partial charge in [-0.15, -0.1) is 0 Å². The quantitative estimate of drug-likeness (QED) is 0.512. The van der Waals surface area contributed by atoms with E-state index < -0.39 is 29.8 Å². The Bertz CT molecular complexity index is 354. The first-order chi connectivity index (χ1) is 7.91. The second-order valence-electron chi connectivity index (χ2n) is 4.40. The van der Waals surface area contributed by atoms with E-state index >= 15 is 0 Å². The van der Waals surface area contributed by atoms with Gasteiger partial charge in [-0.2, -0.15) is 0 Å². The molecule has 2 aliphatic heterocycles. The van der Waals surface area contributed by atoms with Crippen molar-refractivity contribution in [2.24, 2.45) is 5.41 Å². The third-order valence-corrected chi connectivity index (χ3v) is 3.14. The Balaban J connectivity index is 2.11. The van der Waals surface area contributed by atoms with Crippen molar-refractivity contribution in [3.05, 3.63) is 0 Å². The van der Waals surface area contributed by atoms with E-state index in [0.717, 1.165) is 12.0 Å². The lowest BCUT2D eigenvalue weighted by atomic mass is 9.84. The van der Waals surface area contributed by atoms with Crippen LogP contribution >= 0.6 is 0 Å². The van der Waals surface area contributed by atoms with Crippen molar-refractivity contribution in [3.63, 3.8) is 0 Å². The number of halogens is 2. The molecule has 0 N–H and O–H groups in total. The SMILES string of the molecule is COC(=O)C1(C(=O)N2CCC(F)(F)C2)COC1. The average Bonchev–Trinajstić information content (AvgIpc) is 2.56. The van der Waals surface area contributed by atoms with E-state index in [0.29, 0.717) is 0 Å². The second kappa shape index (κ2) is 3.90. The largest absolute Gasteiger partial charge is 0.468 e. The molecule has 1 amide bonds. The van der Waals surface area contributed by atoms with Gasteiger partial charge in [-0.05, 0) is 0 Å². The topological polar surface area (TPSA) is 55.8 Å². The van der Waals surface area contributed by atoms with E-state index in [1.807, 2.05) is 0 Å². The molecule has 5 nitrogen and oxygen atoms in total. The number of likely N-dealkylation sites (tertiary alicyclic amines) is 1. The van der Waals surface area contributed by atoms with Gasteiger partial charge < -0.3 is 14.4 Å². The summed E-state index contributed by atoms with van der Waals surface area (Å²) < 4.78 is 35.4. The highest BCUT2D eigenvalue weighted by Gasteiger charge is 2.57. The standard InChI is InChI=1S/C10H13F2NO4/c1-16-8(15)9(5-17-6-9)7(14)13-3-2-10(11,12)4-13/h2-6H2,1H3. The average molecular weight is 249 g/mol. The normalized spacial score (nSPS) is 25.2. The molecule has 96 valence electrons. The molecule has 17 heavy (non-hydrogen) atoms. The zero-order valence-corrected chi connectivity index (χ0v) is 9.37. The number of hydrogen-bond acceptors (Lipinski definition) is 4. The molecule has 2 aliphatic rings. The minimum absolute atomic E-state index is 0.0371. The molecule has 2 rings (SSSR count). The van der Waals surface area contributed by atoms with Crippen LogP contribution in [0.3, 0.4) is 0 Å². The van der Waals surface area contributed by atoms with Gasteiger partial charge in [0.1, 0.15) is 0 Å². The summed E-state index contributed by atoms with van der Waals surface area (Å²) in [6.07, 6.45) is -0.364. The van der Waals surface area contributed by atoms with E-state index in [1.54, 1.807) is 0 Å². The third kappa shape index (κ3) is 1.88. The van der Waals surface area contributed by atoms with Crippen LogP contribution in [0.25, 0.3) is 0 Å². The Morgan fingerprint density at radius 2 is 2.00 bits per heavy atom. The molecule has 0 spiro atoms. The van der Waals surface area contributed by atoms with Crippen molar-refractivity contribution in [2.75, 3.05) is 33.4 Å². The molecule has 0 aliphatic carbocycles. The van der Waals surface area contributed by atoms with E-state index in [9.17, 15) is 18.4 Å². The first kappa shape index (κ1) is 12.2. The number of ether oxygens (including phenoxy) is 2. The smallest absolute Gasteiger partial charge is 0.326 e. The first-order valence-corrected chi connectivity index (χ1v) is 5.25. The third-order valence-electron chi connectivity index (χ3n) is 3.14. The number of hydrogen-bond donors (Lipinski definition) is 0. The molecule has 0 aromatic heterocycles. The molecule has 0 unspecified atom stereocenters. The van der Waals surface area contributed by atoms with Crippen LogP contribution in [-0.2, 0) is 19.1 Å². The monoisotopic (exact) mass is 249 g/mol. The lowest BCUT2D eigenvalue weighted by molar-refractivity contribution is -0.193. The Labute approximate surface area is 96.7 Å². The number of alkyl halides is 2. The molecule has 2 fully saturated rings. The summed E-state index contributed by atoms with van der Waals surface area (Å²) in [4.78, 5) is 24.6. The fourth-order valence-corrected chi connectivity index (χ4v) is 2.04. The molecule has 0 atom stereocenters. The highest BCUT2D eigenvalue weighted by Crippen LogP contribution is 2.35. The van der Waals surface area contributed by atoms with Crippen LogP contribution in [0.4, 0.5) is 8.78 Å². The first-order valence-electron chi connectivity index (χ1n) is 5.25. The van der Waals surface area contributed by atoms with Gasteiger partial charge >= 0.3 is 5.97 Å². The molecule has 7 heteroatoms. The predicted octanol–water partition coefficient (Wildman–Crippen LogP) is 0.0436. The highest BCUT2D eigenvalue weighted by molar-refractivity contribution is 6.04. The van der Waals surface area contributed by atoms with Crippen molar-refractivity contribution in [2.45, 2.75) is 12.3 Å². The van der Waals surface area contributed by atoms with Crippen LogP contribution in [0.1, 0.15) is 6.42 Å². The summed E-state index contributed by atoms with van der Waals surface area (Å²) >= 11 is 0. The number of rotatable bonds is 2. The molecule has 0 aromatic carbocycles. The summed E-state index contributed by atoms with van der Waals surface area (Å²) in [6.45, 7) is -0.865. The molecule has 2 saturated heterocycles. The maximum Gasteiger partial charge on any atom is 0.326 e. The minimum atomic E-state index is -2.86. The Morgan fingerprint density at radius 1 is 1.35 bits per heavy atom. The van der Waals surface area contributed by atoms with Gasteiger partial charge in [0.15, 0.2) is 5.41 Å². The van der Waals surface area contributed by atoms with E-state index in [-0.39, 0.29) is 26.2 Å². The van der Waals surface area contributed by atoms with E-state index in [2.05, 4.69) is 4.74 Å². The molecule has 0 bridgehead atoms. The maximum atomic E-state index is 13.0. The predicted molar refractivity (Wildman–Crippen MR) is 51.4 cm³/mol. The molecule has 0 radical (unpaired) electrons.